The number of hydrogen-bond acceptors (Lipinski definition) is 5. The van der Waals surface area contributed by atoms with Gasteiger partial charge in [-0.1, -0.05) is 11.6 Å². The van der Waals surface area contributed by atoms with Crippen LogP contribution in [0.4, 0.5) is 11.8 Å². The maximum atomic E-state index is 12.3. The van der Waals surface area contributed by atoms with Crippen molar-refractivity contribution >= 4 is 29.3 Å². The fraction of sp³-hybridized carbons (Fsp3) is 0.615. The third kappa shape index (κ3) is 2.52. The van der Waals surface area contributed by atoms with E-state index in [4.69, 9.17) is 11.6 Å². The summed E-state index contributed by atoms with van der Waals surface area (Å²) >= 11 is 6.22. The van der Waals surface area contributed by atoms with Crippen LogP contribution in [0.3, 0.4) is 0 Å². The molecule has 0 bridgehead atoms. The summed E-state index contributed by atoms with van der Waals surface area (Å²) in [5, 5.41) is 3.51. The fourth-order valence-electron chi connectivity index (χ4n) is 2.37. The van der Waals surface area contributed by atoms with Crippen molar-refractivity contribution in [2.45, 2.75) is 26.3 Å². The number of halogens is 1. The number of rotatable bonds is 3. The first kappa shape index (κ1) is 14.8. The Morgan fingerprint density at radius 2 is 2.15 bits per heavy atom. The Morgan fingerprint density at radius 3 is 2.80 bits per heavy atom. The van der Waals surface area contributed by atoms with Gasteiger partial charge < -0.3 is 15.1 Å². The molecule has 0 aromatic carbocycles. The van der Waals surface area contributed by atoms with Crippen molar-refractivity contribution in [3.63, 3.8) is 0 Å². The first-order valence-corrected chi connectivity index (χ1v) is 7.05. The zero-order valence-corrected chi connectivity index (χ0v) is 13.0. The summed E-state index contributed by atoms with van der Waals surface area (Å²) in [7, 11) is 1.81. The summed E-state index contributed by atoms with van der Waals surface area (Å²) < 4.78 is 0. The van der Waals surface area contributed by atoms with Crippen LogP contribution < -0.4 is 10.2 Å². The topological polar surface area (TPSA) is 61.4 Å². The summed E-state index contributed by atoms with van der Waals surface area (Å²) in [5.74, 6) is 1.18. The summed E-state index contributed by atoms with van der Waals surface area (Å²) in [4.78, 5) is 24.6. The quantitative estimate of drug-likeness (QED) is 0.918. The van der Waals surface area contributed by atoms with Gasteiger partial charge in [0.25, 0.3) is 0 Å². The Balaban J connectivity index is 2.39. The number of likely N-dealkylation sites (N-methyl/N-ethyl adjacent to an activating group) is 1. The first-order chi connectivity index (χ1) is 9.37. The molecule has 6 nitrogen and oxygen atoms in total. The minimum Gasteiger partial charge on any atom is -0.354 e. The van der Waals surface area contributed by atoms with Crippen molar-refractivity contribution < 1.29 is 4.79 Å². The van der Waals surface area contributed by atoms with Crippen molar-refractivity contribution in [3.05, 3.63) is 11.2 Å². The average Bonchev–Trinajstić information content (AvgIpc) is 2.39. The normalized spacial score (nSPS) is 18.4. The molecule has 0 atom stereocenters. The van der Waals surface area contributed by atoms with Crippen molar-refractivity contribution in [1.29, 1.82) is 0 Å². The van der Waals surface area contributed by atoms with Gasteiger partial charge in [-0.25, -0.2) is 4.98 Å². The monoisotopic (exact) mass is 297 g/mol. The lowest BCUT2D eigenvalue weighted by Gasteiger charge is -2.45. The summed E-state index contributed by atoms with van der Waals surface area (Å²) in [6, 6.07) is 0. The molecule has 1 fully saturated rings. The van der Waals surface area contributed by atoms with E-state index in [1.165, 1.54) is 0 Å². The summed E-state index contributed by atoms with van der Waals surface area (Å²) in [6.07, 6.45) is 1.57. The molecule has 1 amide bonds. The van der Waals surface area contributed by atoms with Crippen molar-refractivity contribution in [3.8, 4) is 0 Å². The predicted octanol–water partition coefficient (Wildman–Crippen LogP) is 1.62. The molecule has 110 valence electrons. The Bertz CT molecular complexity index is 519. The molecule has 2 heterocycles. The van der Waals surface area contributed by atoms with Crippen LogP contribution in [-0.4, -0.2) is 53.0 Å². The Hall–Kier alpha value is -1.56. The number of nitrogens with zero attached hydrogens (tertiary/aromatic N) is 4. The number of carbonyl (C=O) groups excluding carboxylic acids is 1. The van der Waals surface area contributed by atoms with Crippen LogP contribution in [0.2, 0.25) is 5.02 Å². The molecule has 0 saturated carbocycles. The predicted molar refractivity (Wildman–Crippen MR) is 80.3 cm³/mol. The smallest absolute Gasteiger partial charge is 0.247 e. The molecule has 1 aromatic rings. The van der Waals surface area contributed by atoms with E-state index in [0.29, 0.717) is 29.9 Å². The number of carbonyl (C=O) groups is 1. The minimum atomic E-state index is -0.672. The van der Waals surface area contributed by atoms with E-state index < -0.39 is 5.54 Å². The van der Waals surface area contributed by atoms with Crippen LogP contribution in [0.15, 0.2) is 6.20 Å². The van der Waals surface area contributed by atoms with Gasteiger partial charge in [0.05, 0.1) is 6.20 Å². The van der Waals surface area contributed by atoms with Gasteiger partial charge in [-0.05, 0) is 20.8 Å². The molecule has 0 aliphatic carbocycles. The van der Waals surface area contributed by atoms with Gasteiger partial charge in [0.15, 0.2) is 5.82 Å². The van der Waals surface area contributed by atoms with Crippen LogP contribution in [0, 0.1) is 0 Å². The third-order valence-electron chi connectivity index (χ3n) is 3.52. The SMILES string of the molecule is CCNc1ncc(Cl)c(N2CCN(C)C(=O)C2(C)C)n1. The van der Waals surface area contributed by atoms with Crippen LogP contribution in [0.1, 0.15) is 20.8 Å². The Morgan fingerprint density at radius 1 is 1.45 bits per heavy atom. The Labute approximate surface area is 124 Å². The van der Waals surface area contributed by atoms with E-state index in [1.54, 1.807) is 11.1 Å². The highest BCUT2D eigenvalue weighted by atomic mass is 35.5. The van der Waals surface area contributed by atoms with Crippen LogP contribution in [-0.2, 0) is 4.79 Å². The molecule has 0 unspecified atom stereocenters. The first-order valence-electron chi connectivity index (χ1n) is 6.67. The van der Waals surface area contributed by atoms with Gasteiger partial charge in [-0.3, -0.25) is 4.79 Å². The number of nitrogens with one attached hydrogen (secondary N) is 1. The summed E-state index contributed by atoms with van der Waals surface area (Å²) in [6.45, 7) is 7.82. The second-order valence-electron chi connectivity index (χ2n) is 5.33. The van der Waals surface area contributed by atoms with E-state index in [0.717, 1.165) is 6.54 Å². The van der Waals surface area contributed by atoms with Crippen molar-refractivity contribution in [2.24, 2.45) is 0 Å². The van der Waals surface area contributed by atoms with E-state index in [1.807, 2.05) is 32.7 Å². The number of piperazine rings is 1. The van der Waals surface area contributed by atoms with Gasteiger partial charge in [-0.2, -0.15) is 4.98 Å². The number of aromatic nitrogens is 2. The van der Waals surface area contributed by atoms with Crippen molar-refractivity contribution in [1.82, 2.24) is 14.9 Å². The lowest BCUT2D eigenvalue weighted by atomic mass is 9.98. The van der Waals surface area contributed by atoms with E-state index in [2.05, 4.69) is 15.3 Å². The largest absolute Gasteiger partial charge is 0.354 e. The third-order valence-corrected chi connectivity index (χ3v) is 3.79. The van der Waals surface area contributed by atoms with Crippen LogP contribution in [0.5, 0.6) is 0 Å². The minimum absolute atomic E-state index is 0.0587. The van der Waals surface area contributed by atoms with E-state index in [9.17, 15) is 4.79 Å². The highest BCUT2D eigenvalue weighted by molar-refractivity contribution is 6.33. The maximum Gasteiger partial charge on any atom is 0.247 e. The van der Waals surface area contributed by atoms with E-state index >= 15 is 0 Å². The van der Waals surface area contributed by atoms with Gasteiger partial charge in [0.1, 0.15) is 10.6 Å². The highest BCUT2D eigenvalue weighted by Gasteiger charge is 2.42. The molecule has 0 radical (unpaired) electrons. The fourth-order valence-corrected chi connectivity index (χ4v) is 2.57. The molecule has 7 heteroatoms. The number of anilines is 2. The second kappa shape index (κ2) is 5.44. The zero-order chi connectivity index (χ0) is 14.9. The molecular formula is C13H20ClN5O. The van der Waals surface area contributed by atoms with Gasteiger partial charge in [0, 0.05) is 26.7 Å². The molecule has 1 aliphatic rings. The average molecular weight is 298 g/mol. The summed E-state index contributed by atoms with van der Waals surface area (Å²) in [5.41, 5.74) is -0.672. The lowest BCUT2D eigenvalue weighted by molar-refractivity contribution is -0.136. The lowest BCUT2D eigenvalue weighted by Crippen LogP contribution is -2.62. The van der Waals surface area contributed by atoms with Gasteiger partial charge in [-0.15, -0.1) is 0 Å². The standard InChI is InChI=1S/C13H20ClN5O/c1-5-15-12-16-8-9(14)10(17-12)19-7-6-18(4)11(20)13(19,2)3/h8H,5-7H2,1-4H3,(H,15,16,17). The van der Waals surface area contributed by atoms with Gasteiger partial charge >= 0.3 is 0 Å². The maximum absolute atomic E-state index is 12.3. The number of amides is 1. The molecule has 0 spiro atoms. The van der Waals surface area contributed by atoms with E-state index in [-0.39, 0.29) is 5.91 Å². The molecule has 1 aliphatic heterocycles. The van der Waals surface area contributed by atoms with Crippen LogP contribution >= 0.6 is 11.6 Å². The Kier molecular flexibility index (Phi) is 4.04. The molecule has 1 aromatic heterocycles. The molecule has 1 N–H and O–H groups in total. The molecule has 2 rings (SSSR count). The molecular weight excluding hydrogens is 278 g/mol. The zero-order valence-electron chi connectivity index (χ0n) is 12.3. The van der Waals surface area contributed by atoms with Gasteiger partial charge in [0.2, 0.25) is 11.9 Å². The highest BCUT2D eigenvalue weighted by Crippen LogP contribution is 2.32. The molecule has 20 heavy (non-hydrogen) atoms. The second-order valence-corrected chi connectivity index (χ2v) is 5.74. The molecule has 1 saturated heterocycles. The van der Waals surface area contributed by atoms with Crippen molar-refractivity contribution in [2.75, 3.05) is 36.9 Å². The number of hydrogen-bond donors (Lipinski definition) is 1. The van der Waals surface area contributed by atoms with Crippen LogP contribution in [0.25, 0.3) is 0 Å².